The van der Waals surface area contributed by atoms with Gasteiger partial charge in [0.15, 0.2) is 0 Å². The smallest absolute Gasteiger partial charge is 0.416 e. The highest BCUT2D eigenvalue weighted by atomic mass is 19.4. The molecule has 2 aromatic rings. The summed E-state index contributed by atoms with van der Waals surface area (Å²) in [5.74, 6) is 0.623. The Hall–Kier alpha value is -2.24. The minimum atomic E-state index is -4.42. The number of nitrogen functional groups attached to an aromatic ring is 1. The summed E-state index contributed by atoms with van der Waals surface area (Å²) in [7, 11) is 0. The first kappa shape index (κ1) is 13.2. The fourth-order valence-corrected chi connectivity index (χ4v) is 1.51. The SMILES string of the molecule is Cc1ncccc1Oc1ccc(C(F)(F)F)cc1N. The molecule has 0 aliphatic rings. The first-order valence-corrected chi connectivity index (χ1v) is 5.44. The predicted molar refractivity (Wildman–Crippen MR) is 64.9 cm³/mol. The van der Waals surface area contributed by atoms with Crippen LogP contribution in [0.1, 0.15) is 11.3 Å². The number of anilines is 1. The zero-order valence-corrected chi connectivity index (χ0v) is 10.0. The van der Waals surface area contributed by atoms with Gasteiger partial charge in [-0.3, -0.25) is 4.98 Å². The number of hydrogen-bond acceptors (Lipinski definition) is 3. The van der Waals surface area contributed by atoms with Crippen LogP contribution in [0, 0.1) is 6.92 Å². The Bertz CT molecular complexity index is 597. The molecule has 1 heterocycles. The van der Waals surface area contributed by atoms with Crippen molar-refractivity contribution in [1.29, 1.82) is 0 Å². The maximum Gasteiger partial charge on any atom is 0.416 e. The fourth-order valence-electron chi connectivity index (χ4n) is 1.51. The highest BCUT2D eigenvalue weighted by Crippen LogP contribution is 2.35. The Morgan fingerprint density at radius 3 is 2.47 bits per heavy atom. The van der Waals surface area contributed by atoms with E-state index in [9.17, 15) is 13.2 Å². The number of rotatable bonds is 2. The third kappa shape index (κ3) is 2.96. The van der Waals surface area contributed by atoms with Gasteiger partial charge in [0.1, 0.15) is 11.5 Å². The van der Waals surface area contributed by atoms with Crippen LogP contribution in [-0.2, 0) is 6.18 Å². The van der Waals surface area contributed by atoms with Crippen LogP contribution in [0.2, 0.25) is 0 Å². The summed E-state index contributed by atoms with van der Waals surface area (Å²) in [5.41, 5.74) is 5.32. The molecule has 0 saturated carbocycles. The number of pyridine rings is 1. The molecule has 0 radical (unpaired) electrons. The van der Waals surface area contributed by atoms with Crippen LogP contribution in [0.4, 0.5) is 18.9 Å². The van der Waals surface area contributed by atoms with E-state index in [1.54, 1.807) is 25.3 Å². The maximum atomic E-state index is 12.5. The molecule has 1 aromatic carbocycles. The van der Waals surface area contributed by atoms with E-state index in [1.165, 1.54) is 6.07 Å². The van der Waals surface area contributed by atoms with Crippen LogP contribution < -0.4 is 10.5 Å². The molecule has 2 rings (SSSR count). The van der Waals surface area contributed by atoms with Gasteiger partial charge in [-0.2, -0.15) is 13.2 Å². The van der Waals surface area contributed by atoms with E-state index in [0.717, 1.165) is 12.1 Å². The highest BCUT2D eigenvalue weighted by Gasteiger charge is 2.31. The van der Waals surface area contributed by atoms with E-state index in [0.29, 0.717) is 11.4 Å². The largest absolute Gasteiger partial charge is 0.453 e. The third-order valence-electron chi connectivity index (χ3n) is 2.52. The number of nitrogens with zero attached hydrogens (tertiary/aromatic N) is 1. The van der Waals surface area contributed by atoms with Gasteiger partial charge in [-0.05, 0) is 37.3 Å². The van der Waals surface area contributed by atoms with E-state index in [-0.39, 0.29) is 11.4 Å². The summed E-state index contributed by atoms with van der Waals surface area (Å²) < 4.78 is 42.9. The molecule has 2 N–H and O–H groups in total. The van der Waals surface area contributed by atoms with Gasteiger partial charge in [-0.1, -0.05) is 0 Å². The Kier molecular flexibility index (Phi) is 3.33. The zero-order chi connectivity index (χ0) is 14.0. The van der Waals surface area contributed by atoms with E-state index in [1.807, 2.05) is 0 Å². The zero-order valence-electron chi connectivity index (χ0n) is 10.0. The maximum absolute atomic E-state index is 12.5. The molecule has 0 atom stereocenters. The topological polar surface area (TPSA) is 48.1 Å². The minimum absolute atomic E-state index is 0.0712. The minimum Gasteiger partial charge on any atom is -0.453 e. The molecule has 100 valence electrons. The number of ether oxygens (including phenoxy) is 1. The van der Waals surface area contributed by atoms with Crippen LogP contribution in [0.3, 0.4) is 0 Å². The summed E-state index contributed by atoms with van der Waals surface area (Å²) in [4.78, 5) is 4.02. The number of aryl methyl sites for hydroxylation is 1. The van der Waals surface area contributed by atoms with E-state index >= 15 is 0 Å². The molecule has 0 saturated heterocycles. The quantitative estimate of drug-likeness (QED) is 0.843. The highest BCUT2D eigenvalue weighted by molar-refractivity contribution is 5.56. The molecule has 0 bridgehead atoms. The van der Waals surface area contributed by atoms with Crippen LogP contribution in [0.5, 0.6) is 11.5 Å². The number of alkyl halides is 3. The number of benzene rings is 1. The lowest BCUT2D eigenvalue weighted by Crippen LogP contribution is -2.06. The van der Waals surface area contributed by atoms with Crippen LogP contribution >= 0.6 is 0 Å². The van der Waals surface area contributed by atoms with Crippen molar-refractivity contribution in [2.75, 3.05) is 5.73 Å². The van der Waals surface area contributed by atoms with Crippen molar-refractivity contribution in [1.82, 2.24) is 4.98 Å². The Morgan fingerprint density at radius 1 is 1.16 bits per heavy atom. The first-order valence-electron chi connectivity index (χ1n) is 5.44. The molecule has 0 aliphatic heterocycles. The average Bonchev–Trinajstić information content (AvgIpc) is 2.33. The van der Waals surface area contributed by atoms with Crippen LogP contribution in [-0.4, -0.2) is 4.98 Å². The van der Waals surface area contributed by atoms with Crippen molar-refractivity contribution in [3.05, 3.63) is 47.8 Å². The fraction of sp³-hybridized carbons (Fsp3) is 0.154. The number of nitrogens with two attached hydrogens (primary N) is 1. The van der Waals surface area contributed by atoms with Gasteiger partial charge in [0.25, 0.3) is 0 Å². The third-order valence-corrected chi connectivity index (χ3v) is 2.52. The van der Waals surface area contributed by atoms with Crippen molar-refractivity contribution in [2.24, 2.45) is 0 Å². The number of hydrogen-bond donors (Lipinski definition) is 1. The van der Waals surface area contributed by atoms with Crippen LogP contribution in [0.15, 0.2) is 36.5 Å². The van der Waals surface area contributed by atoms with Crippen molar-refractivity contribution in [3.63, 3.8) is 0 Å². The van der Waals surface area contributed by atoms with Crippen molar-refractivity contribution in [3.8, 4) is 11.5 Å². The van der Waals surface area contributed by atoms with Crippen molar-refractivity contribution >= 4 is 5.69 Å². The summed E-state index contributed by atoms with van der Waals surface area (Å²) >= 11 is 0. The van der Waals surface area contributed by atoms with E-state index in [4.69, 9.17) is 10.5 Å². The average molecular weight is 268 g/mol. The summed E-state index contributed by atoms with van der Waals surface area (Å²) in [6.07, 6.45) is -2.82. The molecule has 6 heteroatoms. The van der Waals surface area contributed by atoms with Crippen molar-refractivity contribution in [2.45, 2.75) is 13.1 Å². The van der Waals surface area contributed by atoms with E-state index < -0.39 is 11.7 Å². The Balaban J connectivity index is 2.30. The number of halogens is 3. The normalized spacial score (nSPS) is 11.4. The molecule has 1 aromatic heterocycles. The number of aromatic nitrogens is 1. The van der Waals surface area contributed by atoms with Crippen LogP contribution in [0.25, 0.3) is 0 Å². The lowest BCUT2D eigenvalue weighted by atomic mass is 10.2. The molecule has 0 fully saturated rings. The summed E-state index contributed by atoms with van der Waals surface area (Å²) in [5, 5.41) is 0. The predicted octanol–water partition coefficient (Wildman–Crippen LogP) is 3.78. The van der Waals surface area contributed by atoms with Gasteiger partial charge in [0.2, 0.25) is 0 Å². The Labute approximate surface area is 107 Å². The van der Waals surface area contributed by atoms with Gasteiger partial charge in [0, 0.05) is 6.20 Å². The van der Waals surface area contributed by atoms with Gasteiger partial charge >= 0.3 is 6.18 Å². The molecule has 0 aliphatic carbocycles. The Morgan fingerprint density at radius 2 is 1.89 bits per heavy atom. The summed E-state index contributed by atoms with van der Waals surface area (Å²) in [6, 6.07) is 6.31. The van der Waals surface area contributed by atoms with Gasteiger partial charge < -0.3 is 10.5 Å². The first-order chi connectivity index (χ1) is 8.88. The monoisotopic (exact) mass is 268 g/mol. The van der Waals surface area contributed by atoms with Gasteiger partial charge in [0.05, 0.1) is 16.9 Å². The van der Waals surface area contributed by atoms with E-state index in [2.05, 4.69) is 4.98 Å². The van der Waals surface area contributed by atoms with Gasteiger partial charge in [-0.15, -0.1) is 0 Å². The standard InChI is InChI=1S/C13H11F3N2O/c1-8-11(3-2-6-18-8)19-12-5-4-9(7-10(12)17)13(14,15)16/h2-7H,17H2,1H3. The second-order valence-electron chi connectivity index (χ2n) is 3.94. The molecule has 0 amide bonds. The lowest BCUT2D eigenvalue weighted by Gasteiger charge is -2.12. The molecule has 3 nitrogen and oxygen atoms in total. The molecule has 0 unspecified atom stereocenters. The second kappa shape index (κ2) is 4.79. The summed E-state index contributed by atoms with van der Waals surface area (Å²) in [6.45, 7) is 1.73. The molecular weight excluding hydrogens is 257 g/mol. The molecule has 0 spiro atoms. The second-order valence-corrected chi connectivity index (χ2v) is 3.94. The molecule has 19 heavy (non-hydrogen) atoms. The molecular formula is C13H11F3N2O. The van der Waals surface area contributed by atoms with Crippen molar-refractivity contribution < 1.29 is 17.9 Å². The lowest BCUT2D eigenvalue weighted by molar-refractivity contribution is -0.137. The van der Waals surface area contributed by atoms with Gasteiger partial charge in [-0.25, -0.2) is 0 Å².